The van der Waals surface area contributed by atoms with Crippen LogP contribution >= 0.6 is 0 Å². The molecule has 0 saturated heterocycles. The first-order valence-electron chi connectivity index (χ1n) is 19.7. The summed E-state index contributed by atoms with van der Waals surface area (Å²) in [5.41, 5.74) is 2.99. The monoisotopic (exact) mass is 966 g/mol. The Morgan fingerprint density at radius 1 is 0.721 bits per heavy atom. The number of nitrogens with one attached hydrogen (secondary N) is 2. The zero-order chi connectivity index (χ0) is 50.5. The van der Waals surface area contributed by atoms with Crippen molar-refractivity contribution >= 4 is 55.0 Å². The summed E-state index contributed by atoms with van der Waals surface area (Å²) in [6, 6.07) is 10.3. The van der Waals surface area contributed by atoms with Crippen LogP contribution in [0.25, 0.3) is 31.9 Å². The quantitative estimate of drug-likeness (QED) is 0.0837. The van der Waals surface area contributed by atoms with Gasteiger partial charge >= 0.3 is 6.03 Å². The number of hydrogen-bond acceptors (Lipinski definition) is 15. The molecule has 0 bridgehead atoms. The number of rotatable bonds is 11. The predicted octanol–water partition coefficient (Wildman–Crippen LogP) is 7.54. The lowest BCUT2D eigenvalue weighted by Gasteiger charge is -2.19. The van der Waals surface area contributed by atoms with Crippen LogP contribution in [0.1, 0.15) is 50.7 Å². The van der Waals surface area contributed by atoms with Crippen molar-refractivity contribution in [3.8, 4) is 34.3 Å². The molecule has 2 aromatic carbocycles. The number of aromatic nitrogens is 6. The van der Waals surface area contributed by atoms with Crippen molar-refractivity contribution in [3.63, 3.8) is 0 Å². The summed E-state index contributed by atoms with van der Waals surface area (Å²) in [5.74, 6) is 0.435. The van der Waals surface area contributed by atoms with E-state index in [0.717, 1.165) is 12.4 Å². The largest absolute Gasteiger partial charge is 0.387 e. The lowest BCUT2D eigenvalue weighted by atomic mass is 9.94. The van der Waals surface area contributed by atoms with Gasteiger partial charge in [-0.1, -0.05) is 40.8 Å². The third kappa shape index (κ3) is 13.9. The molecule has 0 fully saturated rings. The van der Waals surface area contributed by atoms with Crippen LogP contribution in [0, 0.1) is 36.3 Å². The molecule has 0 aliphatic carbocycles. The van der Waals surface area contributed by atoms with Gasteiger partial charge in [0.15, 0.2) is 15.8 Å². The first-order chi connectivity index (χ1) is 32.0. The number of carbonyl (C=O) groups is 1. The van der Waals surface area contributed by atoms with Gasteiger partial charge in [-0.05, 0) is 77.1 Å². The highest BCUT2D eigenvalue weighted by molar-refractivity contribution is 7.90. The molecule has 0 atom stereocenters. The number of sulfonamides is 2. The van der Waals surface area contributed by atoms with Crippen LogP contribution in [0.2, 0.25) is 0 Å². The Morgan fingerprint density at radius 2 is 1.19 bits per heavy atom. The summed E-state index contributed by atoms with van der Waals surface area (Å²) in [5, 5.41) is 15.5. The highest BCUT2D eigenvalue weighted by Gasteiger charge is 2.24. The Hall–Kier alpha value is -8.24. The Labute approximate surface area is 392 Å². The van der Waals surface area contributed by atoms with E-state index in [1.165, 1.54) is 61.2 Å². The molecular formula is C44H44F2N14O6S2. The Balaban J connectivity index is 0.000000250. The standard InChI is InChI=1S/C22H22FN7O3S.C16H12FN3O.C6H10N4O2S/c1-13(2)16-9-15(23)10-17(14-6-7-25-18(8-14)24-3)21(16)28-22(31)29-34(32,33)20-12-26-19(11-27-20)30(4)5;1-10(2)13-7-12(17)8-14(16(13)21-9-18)11-4-5-20-15(6-11)19-3;1-10(2)5-3-9-6(4-8-5)13(7,11)12/h6-13H,1-2,4-5H3,(H2,28,29,31);4-8,10H,1-2H3;3-4H,1-2H3,(H2,7,11,12). The number of anilines is 3. The SMILES string of the molecule is CN(C)c1cnc(S(N)(=O)=O)cn1.[C-]#[N+]c1cc(-c2cc(F)cc(C(C)C)c2NC(=O)NS(=O)(=O)c2cnc(N(C)C)cn2)ccn1.[C-]#[N+]c1cc(-c2cc(F)cc(C(C)C)c2OC#N)ccn1. The molecule has 68 heavy (non-hydrogen) atoms. The smallest absolute Gasteiger partial charge is 0.333 e. The van der Waals surface area contributed by atoms with E-state index >= 15 is 0 Å². The molecule has 0 saturated carbocycles. The number of amides is 2. The molecule has 24 heteroatoms. The van der Waals surface area contributed by atoms with Crippen LogP contribution in [0.5, 0.6) is 5.75 Å². The number of nitriles is 1. The molecule has 0 unspecified atom stereocenters. The van der Waals surface area contributed by atoms with Gasteiger partial charge in [0.2, 0.25) is 0 Å². The van der Waals surface area contributed by atoms with Crippen LogP contribution in [0.3, 0.4) is 0 Å². The van der Waals surface area contributed by atoms with Crippen molar-refractivity contribution in [3.05, 3.63) is 131 Å². The molecule has 352 valence electrons. The fourth-order valence-corrected chi connectivity index (χ4v) is 7.02. The summed E-state index contributed by atoms with van der Waals surface area (Å²) in [4.78, 5) is 45.8. The zero-order valence-corrected chi connectivity index (χ0v) is 39.4. The van der Waals surface area contributed by atoms with Crippen LogP contribution < -0.4 is 29.7 Å². The summed E-state index contributed by atoms with van der Waals surface area (Å²) in [6.07, 6.45) is 9.28. The average molecular weight is 967 g/mol. The van der Waals surface area contributed by atoms with Crippen molar-refractivity contribution in [1.29, 1.82) is 5.26 Å². The summed E-state index contributed by atoms with van der Waals surface area (Å²) in [7, 11) is -1.06. The van der Waals surface area contributed by atoms with E-state index in [-0.39, 0.29) is 39.7 Å². The van der Waals surface area contributed by atoms with Crippen LogP contribution in [-0.4, -0.2) is 81.0 Å². The van der Waals surface area contributed by atoms with Crippen molar-refractivity contribution in [2.75, 3.05) is 43.3 Å². The lowest BCUT2D eigenvalue weighted by Crippen LogP contribution is -2.35. The predicted molar refractivity (Wildman–Crippen MR) is 250 cm³/mol. The average Bonchev–Trinajstić information content (AvgIpc) is 3.29. The van der Waals surface area contributed by atoms with E-state index in [9.17, 15) is 30.4 Å². The molecule has 2 amide bonds. The number of carbonyl (C=O) groups excluding carboxylic acids is 1. The molecule has 0 radical (unpaired) electrons. The van der Waals surface area contributed by atoms with Gasteiger partial charge in [-0.3, -0.25) is 0 Å². The Morgan fingerprint density at radius 3 is 1.62 bits per heavy atom. The van der Waals surface area contributed by atoms with Crippen molar-refractivity contribution in [1.82, 2.24) is 34.6 Å². The van der Waals surface area contributed by atoms with Crippen molar-refractivity contribution in [2.24, 2.45) is 5.14 Å². The van der Waals surface area contributed by atoms with E-state index < -0.39 is 42.7 Å². The molecule has 0 spiro atoms. The maximum atomic E-state index is 14.4. The van der Waals surface area contributed by atoms with Crippen LogP contribution in [0.4, 0.5) is 42.5 Å². The minimum absolute atomic E-state index is 0.00929. The molecule has 4 heterocycles. The van der Waals surface area contributed by atoms with Gasteiger partial charge in [-0.25, -0.2) is 51.8 Å². The summed E-state index contributed by atoms with van der Waals surface area (Å²) >= 11 is 0. The van der Waals surface area contributed by atoms with Gasteiger partial charge in [0.25, 0.3) is 37.9 Å². The first kappa shape index (κ1) is 52.4. The van der Waals surface area contributed by atoms with Gasteiger partial charge in [0, 0.05) is 44.9 Å². The minimum atomic E-state index is -4.33. The molecule has 20 nitrogen and oxygen atoms in total. The maximum absolute atomic E-state index is 14.4. The number of urea groups is 1. The van der Waals surface area contributed by atoms with E-state index in [4.69, 9.17) is 28.3 Å². The number of halogens is 2. The van der Waals surface area contributed by atoms with Gasteiger partial charge in [0.05, 0.1) is 30.5 Å². The van der Waals surface area contributed by atoms with Crippen molar-refractivity contribution < 1.29 is 35.1 Å². The second-order valence-electron chi connectivity index (χ2n) is 15.1. The number of primary sulfonamides is 1. The minimum Gasteiger partial charge on any atom is -0.387 e. The molecule has 0 aliphatic rings. The van der Waals surface area contributed by atoms with Crippen molar-refractivity contribution in [2.45, 2.75) is 49.6 Å². The number of ether oxygens (including phenoxy) is 1. The molecule has 0 aliphatic heterocycles. The molecular weight excluding hydrogens is 923 g/mol. The number of nitrogens with zero attached hydrogens (tertiary/aromatic N) is 11. The highest BCUT2D eigenvalue weighted by atomic mass is 32.2. The topological polar surface area (TPSA) is 261 Å². The molecule has 6 rings (SSSR count). The molecule has 4 N–H and O–H groups in total. The van der Waals surface area contributed by atoms with Gasteiger partial charge in [-0.2, -0.15) is 8.42 Å². The number of benzene rings is 2. The Kier molecular flexibility index (Phi) is 17.6. The third-order valence-corrected chi connectivity index (χ3v) is 11.1. The first-order valence-corrected chi connectivity index (χ1v) is 22.8. The van der Waals surface area contributed by atoms with E-state index in [0.29, 0.717) is 45.2 Å². The van der Waals surface area contributed by atoms with Gasteiger partial charge in [0.1, 0.15) is 35.7 Å². The summed E-state index contributed by atoms with van der Waals surface area (Å²) in [6.45, 7) is 21.5. The van der Waals surface area contributed by atoms with E-state index in [2.05, 4.69) is 44.9 Å². The van der Waals surface area contributed by atoms with Crippen LogP contribution in [0.15, 0.2) is 95.8 Å². The Bertz CT molecular complexity index is 3140. The lowest BCUT2D eigenvalue weighted by molar-refractivity contribution is 0.256. The zero-order valence-electron chi connectivity index (χ0n) is 37.8. The fourth-order valence-electron chi connectivity index (χ4n) is 5.84. The summed E-state index contributed by atoms with van der Waals surface area (Å²) < 4.78 is 82.1. The normalized spacial score (nSPS) is 10.8. The number of hydrogen-bond donors (Lipinski definition) is 3. The van der Waals surface area contributed by atoms with Gasteiger partial charge < -0.3 is 29.5 Å². The van der Waals surface area contributed by atoms with E-state index in [1.54, 1.807) is 70.2 Å². The van der Waals surface area contributed by atoms with E-state index in [1.807, 2.05) is 18.6 Å². The maximum Gasteiger partial charge on any atom is 0.333 e. The van der Waals surface area contributed by atoms with Crippen LogP contribution in [-0.2, 0) is 20.0 Å². The second kappa shape index (κ2) is 22.8. The third-order valence-electron chi connectivity index (χ3n) is 9.13. The molecule has 6 aromatic rings. The second-order valence-corrected chi connectivity index (χ2v) is 18.3. The highest BCUT2D eigenvalue weighted by Crippen LogP contribution is 2.39. The fraction of sp³-hybridized carbons (Fsp3) is 0.227. The number of pyridine rings is 2. The molecule has 4 aromatic heterocycles. The number of nitrogens with two attached hydrogens (primary N) is 1. The van der Waals surface area contributed by atoms with Gasteiger partial charge in [-0.15, -0.1) is 15.2 Å².